The lowest BCUT2D eigenvalue weighted by atomic mass is 10.2. The van der Waals surface area contributed by atoms with E-state index in [-0.39, 0.29) is 12.4 Å². The summed E-state index contributed by atoms with van der Waals surface area (Å²) in [5, 5.41) is 9.13. The number of nitrogens with one attached hydrogen (secondary N) is 2. The van der Waals surface area contributed by atoms with Crippen LogP contribution in [0.15, 0.2) is 94.5 Å². The summed E-state index contributed by atoms with van der Waals surface area (Å²) in [6.45, 7) is 0.117. The maximum Gasteiger partial charge on any atom is 0.345 e. The topological polar surface area (TPSA) is 89.0 Å². The van der Waals surface area contributed by atoms with Crippen LogP contribution in [0.4, 0.5) is 11.5 Å². The SMILES string of the molecule is O=c1[nH]nc(Nc2ccccc2)c(=O)n1Cc1ccc(Oc2ccccc2)cc1. The van der Waals surface area contributed by atoms with Gasteiger partial charge in [-0.15, -0.1) is 5.10 Å². The molecule has 4 aromatic rings. The largest absolute Gasteiger partial charge is 0.457 e. The Balaban J connectivity index is 1.54. The fourth-order valence-corrected chi connectivity index (χ4v) is 2.79. The molecule has 1 heterocycles. The summed E-state index contributed by atoms with van der Waals surface area (Å²) >= 11 is 0. The van der Waals surface area contributed by atoms with Gasteiger partial charge in [-0.25, -0.2) is 9.89 Å². The zero-order valence-electron chi connectivity index (χ0n) is 15.4. The Bertz CT molecular complexity index is 1200. The fraction of sp³-hybridized carbons (Fsp3) is 0.0455. The normalized spacial score (nSPS) is 10.5. The van der Waals surface area contributed by atoms with Crippen molar-refractivity contribution in [3.8, 4) is 11.5 Å². The van der Waals surface area contributed by atoms with Crippen LogP contribution in [0.1, 0.15) is 5.56 Å². The predicted octanol–water partition coefficient (Wildman–Crippen LogP) is 3.52. The van der Waals surface area contributed by atoms with Crippen LogP contribution in [-0.4, -0.2) is 14.8 Å². The van der Waals surface area contributed by atoms with Gasteiger partial charge in [-0.3, -0.25) is 9.36 Å². The van der Waals surface area contributed by atoms with E-state index in [1.807, 2.05) is 72.8 Å². The first-order valence-electron chi connectivity index (χ1n) is 9.02. The van der Waals surface area contributed by atoms with E-state index in [0.29, 0.717) is 11.4 Å². The van der Waals surface area contributed by atoms with Crippen molar-refractivity contribution in [2.45, 2.75) is 6.54 Å². The summed E-state index contributed by atoms with van der Waals surface area (Å²) in [5.41, 5.74) is 0.424. The molecule has 0 aliphatic carbocycles. The van der Waals surface area contributed by atoms with Crippen molar-refractivity contribution in [3.05, 3.63) is 111 Å². The summed E-state index contributed by atoms with van der Waals surface area (Å²) in [6.07, 6.45) is 0. The highest BCUT2D eigenvalue weighted by Gasteiger charge is 2.10. The van der Waals surface area contributed by atoms with Gasteiger partial charge in [-0.2, -0.15) is 0 Å². The molecule has 3 aromatic carbocycles. The van der Waals surface area contributed by atoms with E-state index >= 15 is 0 Å². The molecule has 0 bridgehead atoms. The predicted molar refractivity (Wildman–Crippen MR) is 111 cm³/mol. The van der Waals surface area contributed by atoms with Crippen LogP contribution in [0, 0.1) is 0 Å². The molecule has 0 saturated carbocycles. The highest BCUT2D eigenvalue weighted by Crippen LogP contribution is 2.21. The molecule has 0 fully saturated rings. The quantitative estimate of drug-likeness (QED) is 0.529. The monoisotopic (exact) mass is 386 g/mol. The molecule has 7 heteroatoms. The van der Waals surface area contributed by atoms with Gasteiger partial charge in [0.2, 0.25) is 5.82 Å². The van der Waals surface area contributed by atoms with Gasteiger partial charge in [0.15, 0.2) is 0 Å². The smallest absolute Gasteiger partial charge is 0.345 e. The van der Waals surface area contributed by atoms with Crippen molar-refractivity contribution in [1.82, 2.24) is 14.8 Å². The number of nitrogens with zero attached hydrogens (tertiary/aromatic N) is 2. The summed E-state index contributed by atoms with van der Waals surface area (Å²) in [5.74, 6) is 1.46. The molecule has 0 aliphatic heterocycles. The van der Waals surface area contributed by atoms with Crippen molar-refractivity contribution >= 4 is 11.5 Å². The number of para-hydroxylation sites is 2. The zero-order valence-corrected chi connectivity index (χ0v) is 15.4. The van der Waals surface area contributed by atoms with Gasteiger partial charge in [0.05, 0.1) is 6.54 Å². The number of ether oxygens (including phenoxy) is 1. The molecule has 0 spiro atoms. The van der Waals surface area contributed by atoms with E-state index in [9.17, 15) is 9.59 Å². The van der Waals surface area contributed by atoms with Crippen molar-refractivity contribution in [1.29, 1.82) is 0 Å². The van der Waals surface area contributed by atoms with E-state index in [4.69, 9.17) is 4.74 Å². The second kappa shape index (κ2) is 8.26. The number of hydrogen-bond acceptors (Lipinski definition) is 5. The number of rotatable bonds is 6. The second-order valence-corrected chi connectivity index (χ2v) is 6.32. The molecule has 1 aromatic heterocycles. The summed E-state index contributed by atoms with van der Waals surface area (Å²) < 4.78 is 6.86. The Labute approximate surface area is 166 Å². The Morgan fingerprint density at radius 1 is 0.828 bits per heavy atom. The lowest BCUT2D eigenvalue weighted by molar-refractivity contribution is 0.482. The van der Waals surface area contributed by atoms with Crippen molar-refractivity contribution < 1.29 is 4.74 Å². The average Bonchev–Trinajstić information content (AvgIpc) is 2.76. The lowest BCUT2D eigenvalue weighted by Gasteiger charge is -2.09. The van der Waals surface area contributed by atoms with Crippen LogP contribution in [0.5, 0.6) is 11.5 Å². The van der Waals surface area contributed by atoms with Gasteiger partial charge in [0.25, 0.3) is 5.56 Å². The van der Waals surface area contributed by atoms with Crippen molar-refractivity contribution in [2.24, 2.45) is 0 Å². The lowest BCUT2D eigenvalue weighted by Crippen LogP contribution is -2.37. The molecular formula is C22H18N4O3. The molecule has 144 valence electrons. The first-order chi connectivity index (χ1) is 14.2. The van der Waals surface area contributed by atoms with Gasteiger partial charge in [0, 0.05) is 5.69 Å². The molecule has 0 aliphatic rings. The Morgan fingerprint density at radius 3 is 2.14 bits per heavy atom. The van der Waals surface area contributed by atoms with E-state index in [0.717, 1.165) is 15.9 Å². The van der Waals surface area contributed by atoms with Gasteiger partial charge >= 0.3 is 5.69 Å². The molecular weight excluding hydrogens is 368 g/mol. The standard InChI is InChI=1S/C22H18N4O3/c27-21-20(23-17-7-3-1-4-8-17)24-25-22(28)26(21)15-16-11-13-19(14-12-16)29-18-9-5-2-6-10-18/h1-14H,15H2,(H,23,24)(H,25,28). The minimum absolute atomic E-state index is 0.0554. The molecule has 0 atom stereocenters. The maximum absolute atomic E-state index is 12.7. The van der Waals surface area contributed by atoms with Crippen LogP contribution in [-0.2, 0) is 6.54 Å². The van der Waals surface area contributed by atoms with Crippen LogP contribution in [0.2, 0.25) is 0 Å². The Hall–Kier alpha value is -4.13. The molecule has 0 radical (unpaired) electrons. The molecule has 0 saturated heterocycles. The van der Waals surface area contributed by atoms with Gasteiger partial charge in [0.1, 0.15) is 11.5 Å². The van der Waals surface area contributed by atoms with Crippen molar-refractivity contribution in [3.63, 3.8) is 0 Å². The van der Waals surface area contributed by atoms with Crippen LogP contribution >= 0.6 is 0 Å². The first kappa shape index (κ1) is 18.2. The molecule has 2 N–H and O–H groups in total. The van der Waals surface area contributed by atoms with Gasteiger partial charge in [-0.1, -0.05) is 48.5 Å². The van der Waals surface area contributed by atoms with E-state index < -0.39 is 11.2 Å². The summed E-state index contributed by atoms with van der Waals surface area (Å²) in [7, 11) is 0. The third-order valence-electron chi connectivity index (χ3n) is 4.24. The summed E-state index contributed by atoms with van der Waals surface area (Å²) in [4.78, 5) is 24.8. The first-order valence-corrected chi connectivity index (χ1v) is 9.02. The molecule has 4 rings (SSSR count). The molecule has 0 unspecified atom stereocenters. The van der Waals surface area contributed by atoms with E-state index in [1.165, 1.54) is 0 Å². The summed E-state index contributed by atoms with van der Waals surface area (Å²) in [6, 6.07) is 25.8. The molecule has 0 amide bonds. The number of aromatic amines is 1. The van der Waals surface area contributed by atoms with Crippen LogP contribution in [0.3, 0.4) is 0 Å². The highest BCUT2D eigenvalue weighted by atomic mass is 16.5. The third kappa shape index (κ3) is 4.41. The minimum Gasteiger partial charge on any atom is -0.457 e. The number of anilines is 2. The van der Waals surface area contributed by atoms with Crippen LogP contribution in [0.25, 0.3) is 0 Å². The number of benzene rings is 3. The fourth-order valence-electron chi connectivity index (χ4n) is 2.79. The molecule has 7 nitrogen and oxygen atoms in total. The second-order valence-electron chi connectivity index (χ2n) is 6.32. The van der Waals surface area contributed by atoms with Gasteiger partial charge in [-0.05, 0) is 42.0 Å². The number of aromatic nitrogens is 3. The van der Waals surface area contributed by atoms with Crippen molar-refractivity contribution in [2.75, 3.05) is 5.32 Å². The Kier molecular flexibility index (Phi) is 5.20. The van der Waals surface area contributed by atoms with E-state index in [1.54, 1.807) is 12.1 Å². The van der Waals surface area contributed by atoms with E-state index in [2.05, 4.69) is 15.5 Å². The number of H-pyrrole nitrogens is 1. The average molecular weight is 386 g/mol. The zero-order chi connectivity index (χ0) is 20.1. The highest BCUT2D eigenvalue weighted by molar-refractivity contribution is 5.54. The minimum atomic E-state index is -0.571. The van der Waals surface area contributed by atoms with Gasteiger partial charge < -0.3 is 10.1 Å². The molecule has 29 heavy (non-hydrogen) atoms. The maximum atomic E-state index is 12.7. The number of hydrogen-bond donors (Lipinski definition) is 2. The Morgan fingerprint density at radius 2 is 1.45 bits per heavy atom. The van der Waals surface area contributed by atoms with Crippen LogP contribution < -0.4 is 21.3 Å². The third-order valence-corrected chi connectivity index (χ3v) is 4.24.